The summed E-state index contributed by atoms with van der Waals surface area (Å²) in [5, 5.41) is 5.84. The topological polar surface area (TPSA) is 56.4 Å². The van der Waals surface area contributed by atoms with Gasteiger partial charge in [0.1, 0.15) is 17.1 Å². The van der Waals surface area contributed by atoms with E-state index in [1.807, 2.05) is 30.3 Å². The number of hydrogen-bond acceptors (Lipinski definition) is 6. The summed E-state index contributed by atoms with van der Waals surface area (Å²) in [5.74, 6) is 4.49. The highest BCUT2D eigenvalue weighted by Crippen LogP contribution is 2.53. The average Bonchev–Trinajstić information content (AvgIpc) is 3.51. The van der Waals surface area contributed by atoms with Crippen LogP contribution in [0.4, 0.5) is 0 Å². The molecule has 2 heterocycles. The van der Waals surface area contributed by atoms with Crippen LogP contribution in [0, 0.1) is 17.8 Å². The molecular formula is C30H38N2O4. The number of benzene rings is 2. The summed E-state index contributed by atoms with van der Waals surface area (Å²) < 4.78 is 17.6. The van der Waals surface area contributed by atoms with Crippen LogP contribution in [-0.4, -0.2) is 30.7 Å². The normalized spacial score (nSPS) is 25.8. The quantitative estimate of drug-likeness (QED) is 0.334. The van der Waals surface area contributed by atoms with Gasteiger partial charge in [-0.05, 0) is 55.9 Å². The van der Waals surface area contributed by atoms with Crippen LogP contribution in [-0.2, 0) is 11.4 Å². The zero-order valence-corrected chi connectivity index (χ0v) is 22.1. The molecule has 1 aliphatic heterocycles. The van der Waals surface area contributed by atoms with Crippen LogP contribution < -0.4 is 9.47 Å². The van der Waals surface area contributed by atoms with Crippen molar-refractivity contribution in [2.45, 2.75) is 65.1 Å². The van der Waals surface area contributed by atoms with E-state index in [9.17, 15) is 0 Å². The average molecular weight is 491 g/mol. The van der Waals surface area contributed by atoms with E-state index in [0.717, 1.165) is 65.3 Å². The third-order valence-electron chi connectivity index (χ3n) is 8.39. The molecule has 1 aromatic heterocycles. The molecule has 192 valence electrons. The molecule has 1 spiro atoms. The molecule has 2 atom stereocenters. The van der Waals surface area contributed by atoms with Gasteiger partial charge in [0.15, 0.2) is 5.76 Å². The van der Waals surface area contributed by atoms with Gasteiger partial charge < -0.3 is 23.6 Å². The van der Waals surface area contributed by atoms with Gasteiger partial charge in [-0.3, -0.25) is 0 Å². The lowest BCUT2D eigenvalue weighted by Crippen LogP contribution is -2.60. The molecule has 2 aliphatic rings. The van der Waals surface area contributed by atoms with E-state index in [1.165, 1.54) is 6.42 Å². The van der Waals surface area contributed by atoms with Gasteiger partial charge in [-0.25, -0.2) is 0 Å². The molecule has 3 aromatic rings. The molecule has 0 bridgehead atoms. The van der Waals surface area contributed by atoms with Crippen LogP contribution in [0.25, 0.3) is 11.0 Å². The van der Waals surface area contributed by atoms with E-state index in [2.05, 4.69) is 43.9 Å². The number of ether oxygens (including phenoxy) is 2. The fourth-order valence-corrected chi connectivity index (χ4v) is 6.42. The van der Waals surface area contributed by atoms with Crippen molar-refractivity contribution in [3.8, 4) is 11.5 Å². The van der Waals surface area contributed by atoms with Crippen LogP contribution in [0.5, 0.6) is 11.5 Å². The number of para-hydroxylation sites is 1. The number of nitrogens with zero attached hydrogens (tertiary/aromatic N) is 2. The summed E-state index contributed by atoms with van der Waals surface area (Å²) >= 11 is 0. The van der Waals surface area contributed by atoms with Crippen LogP contribution in [0.15, 0.2) is 58.1 Å². The predicted octanol–water partition coefficient (Wildman–Crippen LogP) is 7.21. The maximum atomic E-state index is 6.64. The SMILES string of the molecule is CCC1CC(CC)C2(ON=C(c3cc4ccccc4o3)N2Cc2ccc(OC)cc2OC)C(CC)C1. The Morgan fingerprint density at radius 2 is 1.69 bits per heavy atom. The minimum absolute atomic E-state index is 0.357. The summed E-state index contributed by atoms with van der Waals surface area (Å²) in [6.07, 6.45) is 5.55. The number of rotatable bonds is 8. The molecule has 0 N–H and O–H groups in total. The highest BCUT2D eigenvalue weighted by Gasteiger charge is 2.59. The van der Waals surface area contributed by atoms with Crippen molar-refractivity contribution in [3.63, 3.8) is 0 Å². The zero-order valence-electron chi connectivity index (χ0n) is 22.1. The van der Waals surface area contributed by atoms with Crippen LogP contribution >= 0.6 is 0 Å². The van der Waals surface area contributed by atoms with Gasteiger partial charge in [0, 0.05) is 28.9 Å². The zero-order chi connectivity index (χ0) is 25.3. The van der Waals surface area contributed by atoms with Crippen molar-refractivity contribution in [2.24, 2.45) is 22.9 Å². The summed E-state index contributed by atoms with van der Waals surface area (Å²) in [6.45, 7) is 7.48. The number of methoxy groups -OCH3 is 2. The van der Waals surface area contributed by atoms with Crippen molar-refractivity contribution >= 4 is 16.8 Å². The Kier molecular flexibility index (Phi) is 6.87. The molecule has 0 amide bonds. The van der Waals surface area contributed by atoms with Crippen molar-refractivity contribution < 1.29 is 18.7 Å². The second kappa shape index (κ2) is 10.1. The Morgan fingerprint density at radius 3 is 2.33 bits per heavy atom. The summed E-state index contributed by atoms with van der Waals surface area (Å²) in [5.41, 5.74) is 1.40. The maximum absolute atomic E-state index is 6.64. The van der Waals surface area contributed by atoms with E-state index < -0.39 is 5.72 Å². The van der Waals surface area contributed by atoms with E-state index >= 15 is 0 Å². The van der Waals surface area contributed by atoms with E-state index in [0.29, 0.717) is 24.3 Å². The van der Waals surface area contributed by atoms with Gasteiger partial charge in [0.2, 0.25) is 11.6 Å². The summed E-state index contributed by atoms with van der Waals surface area (Å²) in [6, 6.07) is 16.2. The molecule has 0 saturated heterocycles. The molecule has 1 aliphatic carbocycles. The molecule has 5 rings (SSSR count). The number of amidine groups is 1. The third kappa shape index (κ3) is 4.00. The lowest BCUT2D eigenvalue weighted by Gasteiger charge is -2.52. The number of oxime groups is 1. The first-order chi connectivity index (χ1) is 17.6. The number of furan rings is 1. The van der Waals surface area contributed by atoms with E-state index in [4.69, 9.17) is 23.9 Å². The molecule has 0 radical (unpaired) electrons. The van der Waals surface area contributed by atoms with Crippen LogP contribution in [0.1, 0.15) is 64.2 Å². The van der Waals surface area contributed by atoms with Crippen LogP contribution in [0.2, 0.25) is 0 Å². The molecule has 36 heavy (non-hydrogen) atoms. The Balaban J connectivity index is 1.62. The lowest BCUT2D eigenvalue weighted by atomic mass is 9.65. The Labute approximate surface area is 214 Å². The van der Waals surface area contributed by atoms with Gasteiger partial charge in [-0.1, -0.05) is 50.5 Å². The standard InChI is InChI=1S/C30H38N2O4/c1-6-20-15-23(7-2)30(24(8-3)16-20)32(19-22-13-14-25(33-4)18-27(22)34-5)29(31-36-30)28-17-21-11-9-10-12-26(21)35-28/h9-14,17-18,20,23-24H,6-8,15-16,19H2,1-5H3. The monoisotopic (exact) mass is 490 g/mol. The maximum Gasteiger partial charge on any atom is 0.217 e. The van der Waals surface area contributed by atoms with Crippen molar-refractivity contribution in [3.05, 3.63) is 59.9 Å². The van der Waals surface area contributed by atoms with Gasteiger partial charge in [-0.2, -0.15) is 0 Å². The van der Waals surface area contributed by atoms with Gasteiger partial charge in [0.25, 0.3) is 0 Å². The van der Waals surface area contributed by atoms with Gasteiger partial charge >= 0.3 is 0 Å². The smallest absolute Gasteiger partial charge is 0.217 e. The Bertz CT molecular complexity index is 1190. The minimum atomic E-state index is -0.519. The highest BCUT2D eigenvalue weighted by molar-refractivity contribution is 6.00. The second-order valence-corrected chi connectivity index (χ2v) is 10.1. The first kappa shape index (κ1) is 24.5. The number of hydrogen-bond donors (Lipinski definition) is 0. The van der Waals surface area contributed by atoms with E-state index in [-0.39, 0.29) is 0 Å². The molecule has 1 fully saturated rings. The molecular weight excluding hydrogens is 452 g/mol. The summed E-state index contributed by atoms with van der Waals surface area (Å²) in [4.78, 5) is 9.01. The van der Waals surface area contributed by atoms with E-state index in [1.54, 1.807) is 14.2 Å². The van der Waals surface area contributed by atoms with Crippen molar-refractivity contribution in [2.75, 3.05) is 14.2 Å². The minimum Gasteiger partial charge on any atom is -0.497 e. The first-order valence-corrected chi connectivity index (χ1v) is 13.3. The Morgan fingerprint density at radius 1 is 0.944 bits per heavy atom. The molecule has 6 nitrogen and oxygen atoms in total. The molecule has 1 saturated carbocycles. The molecule has 2 aromatic carbocycles. The molecule has 6 heteroatoms. The Hall–Kier alpha value is -3.15. The molecule has 2 unspecified atom stereocenters. The second-order valence-electron chi connectivity index (χ2n) is 10.1. The number of fused-ring (bicyclic) bond motifs is 1. The van der Waals surface area contributed by atoms with Crippen LogP contribution in [0.3, 0.4) is 0 Å². The third-order valence-corrected chi connectivity index (χ3v) is 8.39. The van der Waals surface area contributed by atoms with Gasteiger partial charge in [-0.15, -0.1) is 0 Å². The van der Waals surface area contributed by atoms with Crippen molar-refractivity contribution in [1.29, 1.82) is 0 Å². The highest BCUT2D eigenvalue weighted by atomic mass is 16.7. The van der Waals surface area contributed by atoms with Gasteiger partial charge in [0.05, 0.1) is 20.8 Å². The lowest BCUT2D eigenvalue weighted by molar-refractivity contribution is -0.206. The van der Waals surface area contributed by atoms with Crippen molar-refractivity contribution in [1.82, 2.24) is 4.90 Å². The summed E-state index contributed by atoms with van der Waals surface area (Å²) in [7, 11) is 3.38. The predicted molar refractivity (Wildman–Crippen MR) is 142 cm³/mol. The fourth-order valence-electron chi connectivity index (χ4n) is 6.42. The fraction of sp³-hybridized carbons (Fsp3) is 0.500. The largest absolute Gasteiger partial charge is 0.497 e. The first-order valence-electron chi connectivity index (χ1n) is 13.3.